The minimum Gasteiger partial charge on any atom is -0.480 e. The summed E-state index contributed by atoms with van der Waals surface area (Å²) in [5, 5.41) is 14.6. The standard InChI is InChI=1S/C15H12FN3O3S/c1-7(16)13-18-19-11(6-17-15(19)23-13)9-3-8-5-12(21-2)22-14(20)10(8)4-9/h3-7,20H,1-2H3. The maximum atomic E-state index is 13.4. The first kappa shape index (κ1) is 14.0. The van der Waals surface area contributed by atoms with E-state index in [-0.39, 0.29) is 11.9 Å². The van der Waals surface area contributed by atoms with Gasteiger partial charge in [-0.25, -0.2) is 13.9 Å². The van der Waals surface area contributed by atoms with E-state index in [1.807, 2.05) is 6.07 Å². The van der Waals surface area contributed by atoms with Gasteiger partial charge in [0.2, 0.25) is 4.96 Å². The van der Waals surface area contributed by atoms with Crippen LogP contribution in [-0.2, 0) is 0 Å². The molecule has 3 heterocycles. The van der Waals surface area contributed by atoms with Crippen molar-refractivity contribution in [1.29, 1.82) is 0 Å². The molecule has 118 valence electrons. The lowest BCUT2D eigenvalue weighted by atomic mass is 10.2. The van der Waals surface area contributed by atoms with E-state index < -0.39 is 6.17 Å². The van der Waals surface area contributed by atoms with E-state index in [1.54, 1.807) is 22.8 Å². The van der Waals surface area contributed by atoms with Gasteiger partial charge in [-0.3, -0.25) is 0 Å². The highest BCUT2D eigenvalue weighted by Crippen LogP contribution is 2.41. The maximum absolute atomic E-state index is 13.4. The quantitative estimate of drug-likeness (QED) is 0.615. The number of rotatable bonds is 3. The van der Waals surface area contributed by atoms with Gasteiger partial charge in [-0.2, -0.15) is 5.10 Å². The molecule has 2 aromatic rings. The van der Waals surface area contributed by atoms with E-state index in [0.717, 1.165) is 16.8 Å². The lowest BCUT2D eigenvalue weighted by Crippen LogP contribution is -1.90. The van der Waals surface area contributed by atoms with Crippen LogP contribution in [0.2, 0.25) is 0 Å². The van der Waals surface area contributed by atoms with Crippen molar-refractivity contribution in [2.45, 2.75) is 13.1 Å². The van der Waals surface area contributed by atoms with Crippen molar-refractivity contribution in [2.75, 3.05) is 7.11 Å². The molecule has 8 heteroatoms. The number of fused-ring (bicyclic) bond motifs is 2. The summed E-state index contributed by atoms with van der Waals surface area (Å²) >= 11 is 1.21. The molecule has 0 fully saturated rings. The third-order valence-corrected chi connectivity index (χ3v) is 4.64. The van der Waals surface area contributed by atoms with Crippen LogP contribution in [0.4, 0.5) is 4.39 Å². The molecule has 0 saturated heterocycles. The van der Waals surface area contributed by atoms with Crippen molar-refractivity contribution in [3.8, 4) is 34.3 Å². The molecule has 1 N–H and O–H groups in total. The molecule has 1 aliphatic carbocycles. The Balaban J connectivity index is 1.89. The van der Waals surface area contributed by atoms with Crippen molar-refractivity contribution in [3.63, 3.8) is 0 Å². The lowest BCUT2D eigenvalue weighted by Gasteiger charge is -2.03. The summed E-state index contributed by atoms with van der Waals surface area (Å²) in [6.07, 6.45) is 0.533. The van der Waals surface area contributed by atoms with Gasteiger partial charge < -0.3 is 14.3 Å². The Hall–Kier alpha value is -2.61. The zero-order valence-electron chi connectivity index (χ0n) is 12.3. The van der Waals surface area contributed by atoms with Crippen LogP contribution < -0.4 is 4.74 Å². The summed E-state index contributed by atoms with van der Waals surface area (Å²) < 4.78 is 25.2. The van der Waals surface area contributed by atoms with Crippen molar-refractivity contribution in [3.05, 3.63) is 29.4 Å². The van der Waals surface area contributed by atoms with E-state index in [0.29, 0.717) is 15.5 Å². The number of imidazole rings is 1. The summed E-state index contributed by atoms with van der Waals surface area (Å²) in [5.41, 5.74) is 2.85. The zero-order chi connectivity index (χ0) is 16.1. The normalized spacial score (nSPS) is 13.0. The molecule has 1 unspecified atom stereocenters. The number of halogens is 1. The van der Waals surface area contributed by atoms with E-state index in [9.17, 15) is 9.50 Å². The number of aromatic nitrogens is 3. The van der Waals surface area contributed by atoms with Crippen LogP contribution in [-0.4, -0.2) is 26.8 Å². The van der Waals surface area contributed by atoms with Crippen molar-refractivity contribution in [1.82, 2.24) is 14.6 Å². The Morgan fingerprint density at radius 1 is 1.35 bits per heavy atom. The monoisotopic (exact) mass is 333 g/mol. The number of hydrogen-bond acceptors (Lipinski definition) is 6. The average Bonchev–Trinajstić information content (AvgIpc) is 3.19. The number of aromatic hydroxyl groups is 1. The van der Waals surface area contributed by atoms with Crippen LogP contribution in [0.5, 0.6) is 11.9 Å². The van der Waals surface area contributed by atoms with Gasteiger partial charge in [0.15, 0.2) is 11.2 Å². The topological polar surface area (TPSA) is 72.8 Å². The van der Waals surface area contributed by atoms with Gasteiger partial charge >= 0.3 is 0 Å². The molecular weight excluding hydrogens is 321 g/mol. The molecule has 0 aromatic carbocycles. The van der Waals surface area contributed by atoms with Crippen LogP contribution in [0, 0.1) is 0 Å². The minimum absolute atomic E-state index is 0.216. The molecule has 0 saturated carbocycles. The highest BCUT2D eigenvalue weighted by molar-refractivity contribution is 7.16. The predicted molar refractivity (Wildman–Crippen MR) is 82.9 cm³/mol. The first-order valence-electron chi connectivity index (χ1n) is 6.86. The fraction of sp³-hybridized carbons (Fsp3) is 0.200. The molecule has 1 atom stereocenters. The molecule has 0 radical (unpaired) electrons. The summed E-state index contributed by atoms with van der Waals surface area (Å²) in [5.74, 6) is -0.00418. The molecule has 0 spiro atoms. The second-order valence-corrected chi connectivity index (χ2v) is 6.07. The minimum atomic E-state index is -1.14. The molecular formula is C15H12FN3O3S. The van der Waals surface area contributed by atoms with Crippen LogP contribution in [0.25, 0.3) is 27.3 Å². The fourth-order valence-electron chi connectivity index (χ4n) is 2.45. The summed E-state index contributed by atoms with van der Waals surface area (Å²) in [7, 11) is 1.46. The van der Waals surface area contributed by atoms with Gasteiger partial charge in [-0.05, 0) is 24.6 Å². The first-order valence-corrected chi connectivity index (χ1v) is 7.68. The van der Waals surface area contributed by atoms with E-state index in [1.165, 1.54) is 25.4 Å². The van der Waals surface area contributed by atoms with Gasteiger partial charge in [0.05, 0.1) is 24.6 Å². The van der Waals surface area contributed by atoms with Gasteiger partial charge in [0.25, 0.3) is 11.9 Å². The van der Waals surface area contributed by atoms with E-state index in [2.05, 4.69) is 10.1 Å². The van der Waals surface area contributed by atoms with Crippen LogP contribution >= 0.6 is 11.3 Å². The SMILES string of the molecule is COc1cc2cc(-c3cnc4sc(C(C)F)nn34)cc-2c(O)o1. The highest BCUT2D eigenvalue weighted by Gasteiger charge is 2.20. The Labute approximate surface area is 134 Å². The van der Waals surface area contributed by atoms with Gasteiger partial charge in [-0.1, -0.05) is 11.3 Å². The van der Waals surface area contributed by atoms with Crippen LogP contribution in [0.1, 0.15) is 18.1 Å². The molecule has 6 nitrogen and oxygen atoms in total. The molecule has 0 bridgehead atoms. The van der Waals surface area contributed by atoms with Gasteiger partial charge in [0.1, 0.15) is 0 Å². The van der Waals surface area contributed by atoms with Crippen LogP contribution in [0.3, 0.4) is 0 Å². The third-order valence-electron chi connectivity index (χ3n) is 3.56. The number of alkyl halides is 1. The molecule has 1 aliphatic heterocycles. The summed E-state index contributed by atoms with van der Waals surface area (Å²) in [6.45, 7) is 1.45. The Bertz CT molecular complexity index is 972. The molecule has 4 rings (SSSR count). The maximum Gasteiger partial charge on any atom is 0.292 e. The second-order valence-electron chi connectivity index (χ2n) is 5.08. The van der Waals surface area contributed by atoms with Gasteiger partial charge in [-0.15, -0.1) is 0 Å². The number of methoxy groups -OCH3 is 1. The largest absolute Gasteiger partial charge is 0.480 e. The van der Waals surface area contributed by atoms with Crippen molar-refractivity contribution >= 4 is 16.3 Å². The highest BCUT2D eigenvalue weighted by atomic mass is 32.1. The van der Waals surface area contributed by atoms with Crippen LogP contribution in [0.15, 0.2) is 28.8 Å². The van der Waals surface area contributed by atoms with Crippen molar-refractivity contribution < 1.29 is 18.7 Å². The molecule has 23 heavy (non-hydrogen) atoms. The third kappa shape index (κ3) is 2.14. The fourth-order valence-corrected chi connectivity index (χ4v) is 3.25. The average molecular weight is 333 g/mol. The predicted octanol–water partition coefficient (Wildman–Crippen LogP) is 3.90. The number of hydrogen-bond donors (Lipinski definition) is 1. The number of nitrogens with zero attached hydrogens (tertiary/aromatic N) is 3. The molecule has 2 aliphatic rings. The Morgan fingerprint density at radius 2 is 2.17 bits per heavy atom. The summed E-state index contributed by atoms with van der Waals surface area (Å²) in [4.78, 5) is 4.89. The molecule has 0 amide bonds. The zero-order valence-corrected chi connectivity index (χ0v) is 13.1. The Morgan fingerprint density at radius 3 is 2.91 bits per heavy atom. The first-order chi connectivity index (χ1) is 11.1. The lowest BCUT2D eigenvalue weighted by molar-refractivity contribution is 0.243. The van der Waals surface area contributed by atoms with E-state index >= 15 is 0 Å². The summed E-state index contributed by atoms with van der Waals surface area (Å²) in [6, 6.07) is 5.33. The van der Waals surface area contributed by atoms with Gasteiger partial charge in [0, 0.05) is 11.6 Å². The molecule has 2 aromatic heterocycles. The number of ether oxygens (including phenoxy) is 1. The Kier molecular flexibility index (Phi) is 3.02. The van der Waals surface area contributed by atoms with E-state index in [4.69, 9.17) is 9.15 Å². The smallest absolute Gasteiger partial charge is 0.292 e. The second kappa shape index (κ2) is 4.95. The van der Waals surface area contributed by atoms with Crippen molar-refractivity contribution in [2.24, 2.45) is 0 Å².